The first-order chi connectivity index (χ1) is 11.5. The smallest absolute Gasteiger partial charge is 0.270 e. The number of nitro benzene ring substituents is 1. The summed E-state index contributed by atoms with van der Waals surface area (Å²) in [4.78, 5) is 35.4. The summed E-state index contributed by atoms with van der Waals surface area (Å²) in [5.74, 6) is -0.829. The monoisotopic (exact) mass is 347 g/mol. The number of hydrogen-bond acceptors (Lipinski definition) is 5. The van der Waals surface area contributed by atoms with E-state index >= 15 is 0 Å². The fourth-order valence-corrected chi connectivity index (χ4v) is 2.73. The third kappa shape index (κ3) is 4.88. The van der Waals surface area contributed by atoms with Gasteiger partial charge in [-0.1, -0.05) is 12.1 Å². The number of carbonyl (C=O) groups is 2. The van der Waals surface area contributed by atoms with Crippen molar-refractivity contribution in [3.05, 3.63) is 62.3 Å². The molecule has 0 spiro atoms. The molecule has 126 valence electrons. The van der Waals surface area contributed by atoms with E-state index in [9.17, 15) is 19.7 Å². The summed E-state index contributed by atoms with van der Waals surface area (Å²) >= 11 is 1.62. The van der Waals surface area contributed by atoms with Gasteiger partial charge in [0.25, 0.3) is 11.6 Å². The van der Waals surface area contributed by atoms with Crippen molar-refractivity contribution in [3.8, 4) is 0 Å². The fourth-order valence-electron chi connectivity index (χ4n) is 2.02. The van der Waals surface area contributed by atoms with Gasteiger partial charge in [-0.15, -0.1) is 11.3 Å². The van der Waals surface area contributed by atoms with E-state index in [4.69, 9.17) is 0 Å². The van der Waals surface area contributed by atoms with Gasteiger partial charge in [0.1, 0.15) is 6.04 Å². The molecule has 0 aliphatic rings. The Bertz CT molecular complexity index is 731. The first-order valence-corrected chi connectivity index (χ1v) is 8.20. The van der Waals surface area contributed by atoms with Crippen LogP contribution in [-0.2, 0) is 11.2 Å². The molecule has 1 unspecified atom stereocenters. The van der Waals surface area contributed by atoms with Gasteiger partial charge in [0.15, 0.2) is 0 Å². The van der Waals surface area contributed by atoms with Crippen LogP contribution in [-0.4, -0.2) is 29.3 Å². The Hall–Kier alpha value is -2.74. The van der Waals surface area contributed by atoms with Crippen molar-refractivity contribution in [1.82, 2.24) is 10.6 Å². The van der Waals surface area contributed by atoms with Crippen molar-refractivity contribution in [2.24, 2.45) is 0 Å². The van der Waals surface area contributed by atoms with Gasteiger partial charge >= 0.3 is 0 Å². The number of benzene rings is 1. The summed E-state index contributed by atoms with van der Waals surface area (Å²) in [6.45, 7) is 2.05. The number of carbonyl (C=O) groups excluding carboxylic acids is 2. The summed E-state index contributed by atoms with van der Waals surface area (Å²) < 4.78 is 0. The second-order valence-electron chi connectivity index (χ2n) is 5.12. The van der Waals surface area contributed by atoms with E-state index in [2.05, 4.69) is 10.6 Å². The molecule has 0 radical (unpaired) electrons. The van der Waals surface area contributed by atoms with Crippen LogP contribution in [0.4, 0.5) is 5.69 Å². The van der Waals surface area contributed by atoms with Gasteiger partial charge in [-0.25, -0.2) is 0 Å². The van der Waals surface area contributed by atoms with E-state index in [-0.39, 0.29) is 17.2 Å². The SMILES string of the molecule is CC(NC(=O)c1cccc([N+](=O)[O-])c1)C(=O)NCCc1cccs1. The summed E-state index contributed by atoms with van der Waals surface area (Å²) in [6.07, 6.45) is 0.731. The van der Waals surface area contributed by atoms with E-state index in [0.29, 0.717) is 6.54 Å². The fraction of sp³-hybridized carbons (Fsp3) is 0.250. The van der Waals surface area contributed by atoms with Crippen LogP contribution in [0, 0.1) is 10.1 Å². The molecule has 0 fully saturated rings. The maximum atomic E-state index is 12.1. The molecule has 0 aliphatic heterocycles. The lowest BCUT2D eigenvalue weighted by atomic mass is 10.1. The molecule has 2 aromatic rings. The Morgan fingerprint density at radius 1 is 1.29 bits per heavy atom. The minimum Gasteiger partial charge on any atom is -0.354 e. The highest BCUT2D eigenvalue weighted by molar-refractivity contribution is 7.09. The lowest BCUT2D eigenvalue weighted by molar-refractivity contribution is -0.384. The van der Waals surface area contributed by atoms with Crippen LogP contribution in [0.15, 0.2) is 41.8 Å². The van der Waals surface area contributed by atoms with E-state index in [0.717, 1.165) is 6.42 Å². The molecule has 0 saturated heterocycles. The molecule has 0 saturated carbocycles. The van der Waals surface area contributed by atoms with Crippen LogP contribution in [0.2, 0.25) is 0 Å². The Balaban J connectivity index is 1.85. The second kappa shape index (κ2) is 8.21. The molecule has 7 nitrogen and oxygen atoms in total. The van der Waals surface area contributed by atoms with Crippen molar-refractivity contribution in [2.75, 3.05) is 6.54 Å². The van der Waals surface area contributed by atoms with Gasteiger partial charge in [-0.2, -0.15) is 0 Å². The normalized spacial score (nSPS) is 11.5. The zero-order chi connectivity index (χ0) is 17.5. The highest BCUT2D eigenvalue weighted by Gasteiger charge is 2.17. The third-order valence-corrected chi connectivity index (χ3v) is 4.25. The maximum Gasteiger partial charge on any atom is 0.270 e. The lowest BCUT2D eigenvalue weighted by Gasteiger charge is -2.14. The summed E-state index contributed by atoms with van der Waals surface area (Å²) in [6, 6.07) is 8.57. The molecular weight excluding hydrogens is 330 g/mol. The van der Waals surface area contributed by atoms with Crippen LogP contribution in [0.25, 0.3) is 0 Å². The van der Waals surface area contributed by atoms with Gasteiger partial charge in [0, 0.05) is 29.1 Å². The van der Waals surface area contributed by atoms with Crippen molar-refractivity contribution in [2.45, 2.75) is 19.4 Å². The minimum atomic E-state index is -0.736. The van der Waals surface area contributed by atoms with E-state index < -0.39 is 16.9 Å². The van der Waals surface area contributed by atoms with E-state index in [1.165, 1.54) is 29.1 Å². The number of non-ortho nitro benzene ring substituents is 1. The number of rotatable bonds is 7. The molecule has 2 rings (SSSR count). The standard InChI is InChI=1S/C16H17N3O4S/c1-11(15(20)17-8-7-14-6-3-9-24-14)18-16(21)12-4-2-5-13(10-12)19(22)23/h2-6,9-11H,7-8H2,1H3,(H,17,20)(H,18,21). The average Bonchev–Trinajstić information content (AvgIpc) is 3.08. The average molecular weight is 347 g/mol. The molecule has 2 amide bonds. The maximum absolute atomic E-state index is 12.1. The van der Waals surface area contributed by atoms with Gasteiger partial charge in [0.2, 0.25) is 5.91 Å². The molecule has 1 aromatic heterocycles. The van der Waals surface area contributed by atoms with Crippen molar-refractivity contribution in [1.29, 1.82) is 0 Å². The lowest BCUT2D eigenvalue weighted by Crippen LogP contribution is -2.45. The number of nitro groups is 1. The molecular formula is C16H17N3O4S. The first-order valence-electron chi connectivity index (χ1n) is 7.33. The highest BCUT2D eigenvalue weighted by atomic mass is 32.1. The second-order valence-corrected chi connectivity index (χ2v) is 6.16. The van der Waals surface area contributed by atoms with Gasteiger partial charge < -0.3 is 10.6 Å². The Labute approximate surface area is 142 Å². The molecule has 0 bridgehead atoms. The molecule has 1 heterocycles. The summed E-state index contributed by atoms with van der Waals surface area (Å²) in [5.41, 5.74) is -0.0295. The van der Waals surface area contributed by atoms with Crippen molar-refractivity contribution >= 4 is 28.8 Å². The van der Waals surface area contributed by atoms with Gasteiger partial charge in [-0.05, 0) is 30.9 Å². The number of hydrogen-bond donors (Lipinski definition) is 2. The van der Waals surface area contributed by atoms with Crippen LogP contribution < -0.4 is 10.6 Å². The van der Waals surface area contributed by atoms with E-state index in [1.54, 1.807) is 18.3 Å². The van der Waals surface area contributed by atoms with Crippen molar-refractivity contribution in [3.63, 3.8) is 0 Å². The van der Waals surface area contributed by atoms with Gasteiger partial charge in [0.05, 0.1) is 4.92 Å². The Morgan fingerprint density at radius 3 is 2.75 bits per heavy atom. The van der Waals surface area contributed by atoms with Crippen LogP contribution in [0.5, 0.6) is 0 Å². The van der Waals surface area contributed by atoms with Gasteiger partial charge in [-0.3, -0.25) is 19.7 Å². The minimum absolute atomic E-state index is 0.141. The number of amides is 2. The number of nitrogens with one attached hydrogen (secondary N) is 2. The molecule has 0 aliphatic carbocycles. The largest absolute Gasteiger partial charge is 0.354 e. The van der Waals surface area contributed by atoms with Crippen LogP contribution in [0.1, 0.15) is 22.2 Å². The molecule has 24 heavy (non-hydrogen) atoms. The van der Waals surface area contributed by atoms with E-state index in [1.807, 2.05) is 17.5 Å². The number of nitrogens with zero attached hydrogens (tertiary/aromatic N) is 1. The van der Waals surface area contributed by atoms with Crippen LogP contribution in [0.3, 0.4) is 0 Å². The Kier molecular flexibility index (Phi) is 6.02. The predicted molar refractivity (Wildman–Crippen MR) is 91.1 cm³/mol. The van der Waals surface area contributed by atoms with Crippen LogP contribution >= 0.6 is 11.3 Å². The summed E-state index contributed by atoms with van der Waals surface area (Å²) in [7, 11) is 0. The molecule has 2 N–H and O–H groups in total. The molecule has 1 aromatic carbocycles. The zero-order valence-electron chi connectivity index (χ0n) is 13.0. The third-order valence-electron chi connectivity index (χ3n) is 3.31. The molecule has 1 atom stereocenters. The predicted octanol–water partition coefficient (Wildman–Crippen LogP) is 2.13. The zero-order valence-corrected chi connectivity index (χ0v) is 13.8. The molecule has 8 heteroatoms. The topological polar surface area (TPSA) is 101 Å². The Morgan fingerprint density at radius 2 is 2.08 bits per heavy atom. The van der Waals surface area contributed by atoms with Crippen molar-refractivity contribution < 1.29 is 14.5 Å². The summed E-state index contributed by atoms with van der Waals surface area (Å²) in [5, 5.41) is 18.0. The highest BCUT2D eigenvalue weighted by Crippen LogP contribution is 2.13. The number of thiophene rings is 1. The first kappa shape index (κ1) is 17.6. The quantitative estimate of drug-likeness (QED) is 0.592.